The maximum Gasteiger partial charge on any atom is 0.450 e. The molecule has 0 heterocycles. The molecule has 0 aliphatic carbocycles. The van der Waals surface area contributed by atoms with Crippen molar-refractivity contribution in [2.45, 2.75) is 26.9 Å². The molecule has 0 bridgehead atoms. The highest BCUT2D eigenvalue weighted by Gasteiger charge is 2.34. The van der Waals surface area contributed by atoms with Gasteiger partial charge in [0.05, 0.1) is 5.84 Å². The highest BCUT2D eigenvalue weighted by Crippen LogP contribution is 2.16. The smallest absolute Gasteiger partial charge is 0.387 e. The van der Waals surface area contributed by atoms with Crippen LogP contribution in [0.15, 0.2) is 4.99 Å². The van der Waals surface area contributed by atoms with Crippen LogP contribution < -0.4 is 5.73 Å². The molecule has 0 fully saturated rings. The van der Waals surface area contributed by atoms with Crippen LogP contribution in [-0.4, -0.2) is 17.8 Å². The van der Waals surface area contributed by atoms with Gasteiger partial charge in [0.2, 0.25) is 5.84 Å². The summed E-state index contributed by atoms with van der Waals surface area (Å²) < 4.78 is 34.3. The third kappa shape index (κ3) is 7.04. The molecule has 12 heavy (non-hydrogen) atoms. The lowest BCUT2D eigenvalue weighted by Crippen LogP contribution is -2.22. The van der Waals surface area contributed by atoms with Crippen molar-refractivity contribution in [1.29, 1.82) is 5.41 Å². The highest BCUT2D eigenvalue weighted by atomic mass is 19.4. The minimum Gasteiger partial charge on any atom is -0.387 e. The van der Waals surface area contributed by atoms with Crippen molar-refractivity contribution in [3.05, 3.63) is 0 Å². The van der Waals surface area contributed by atoms with Gasteiger partial charge in [0, 0.05) is 0 Å². The van der Waals surface area contributed by atoms with E-state index in [0.717, 1.165) is 0 Å². The highest BCUT2D eigenvalue weighted by molar-refractivity contribution is 5.96. The van der Waals surface area contributed by atoms with Crippen LogP contribution >= 0.6 is 0 Å². The predicted octanol–water partition coefficient (Wildman–Crippen LogP) is 1.93. The lowest BCUT2D eigenvalue weighted by atomic mass is 10.6. The molecule has 72 valence electrons. The SMILES string of the molecule is CC.CC(N)=NC(=N)C(F)(F)F. The molecule has 0 amide bonds. The monoisotopic (exact) mass is 183 g/mol. The molecule has 0 spiro atoms. The molecule has 6 heteroatoms. The summed E-state index contributed by atoms with van der Waals surface area (Å²) in [6.07, 6.45) is -4.69. The Hall–Kier alpha value is -1.07. The van der Waals surface area contributed by atoms with Crippen LogP contribution in [0.2, 0.25) is 0 Å². The Morgan fingerprint density at radius 2 is 1.67 bits per heavy atom. The van der Waals surface area contributed by atoms with E-state index in [1.165, 1.54) is 6.92 Å². The normalized spacial score (nSPS) is 11.7. The first-order valence-corrected chi connectivity index (χ1v) is 3.30. The lowest BCUT2D eigenvalue weighted by Gasteiger charge is -2.01. The largest absolute Gasteiger partial charge is 0.450 e. The van der Waals surface area contributed by atoms with E-state index in [2.05, 4.69) is 4.99 Å². The van der Waals surface area contributed by atoms with Crippen molar-refractivity contribution < 1.29 is 13.2 Å². The Morgan fingerprint density at radius 3 is 1.75 bits per heavy atom. The average Bonchev–Trinajstić information content (AvgIpc) is 1.88. The summed E-state index contributed by atoms with van der Waals surface area (Å²) in [5.41, 5.74) is 4.80. The third-order valence-electron chi connectivity index (χ3n) is 0.557. The maximum absolute atomic E-state index is 11.4. The number of nitrogens with one attached hydrogen (secondary N) is 1. The first kappa shape index (κ1) is 13.5. The molecular weight excluding hydrogens is 171 g/mol. The maximum atomic E-state index is 11.4. The van der Waals surface area contributed by atoms with Crippen LogP contribution in [0.1, 0.15) is 20.8 Å². The van der Waals surface area contributed by atoms with Crippen molar-refractivity contribution in [2.24, 2.45) is 10.7 Å². The summed E-state index contributed by atoms with van der Waals surface area (Å²) >= 11 is 0. The van der Waals surface area contributed by atoms with Gasteiger partial charge in [0.15, 0.2) is 0 Å². The molecule has 0 saturated heterocycles. The van der Waals surface area contributed by atoms with Crippen molar-refractivity contribution >= 4 is 11.7 Å². The second kappa shape index (κ2) is 5.56. The number of hydrogen-bond acceptors (Lipinski definition) is 1. The zero-order valence-electron chi connectivity index (χ0n) is 7.16. The summed E-state index contributed by atoms with van der Waals surface area (Å²) in [5, 5.41) is 6.28. The molecule has 0 rings (SSSR count). The summed E-state index contributed by atoms with van der Waals surface area (Å²) in [4.78, 5) is 2.70. The first-order chi connectivity index (χ1) is 5.34. The van der Waals surface area contributed by atoms with Gasteiger partial charge in [-0.15, -0.1) is 0 Å². The van der Waals surface area contributed by atoms with Crippen LogP contribution in [-0.2, 0) is 0 Å². The third-order valence-corrected chi connectivity index (χ3v) is 0.557. The average molecular weight is 183 g/mol. The number of nitrogens with two attached hydrogens (primary N) is 1. The molecule has 0 aromatic heterocycles. The number of alkyl halides is 3. The topological polar surface area (TPSA) is 62.2 Å². The van der Waals surface area contributed by atoms with E-state index in [1.807, 2.05) is 13.8 Å². The van der Waals surface area contributed by atoms with Gasteiger partial charge in [0.25, 0.3) is 0 Å². The summed E-state index contributed by atoms with van der Waals surface area (Å²) in [7, 11) is 0. The fourth-order valence-electron chi connectivity index (χ4n) is 0.240. The molecule has 0 unspecified atom stereocenters. The summed E-state index contributed by atoms with van der Waals surface area (Å²) in [5.74, 6) is -1.95. The molecule has 0 aliphatic rings. The van der Waals surface area contributed by atoms with Crippen molar-refractivity contribution in [3.63, 3.8) is 0 Å². The molecule has 3 nitrogen and oxygen atoms in total. The van der Waals surface area contributed by atoms with Gasteiger partial charge in [-0.3, -0.25) is 5.41 Å². The Labute approximate surface area is 69.0 Å². The molecule has 0 aromatic rings. The van der Waals surface area contributed by atoms with E-state index in [4.69, 9.17) is 11.1 Å². The zero-order chi connectivity index (χ0) is 10.4. The van der Waals surface area contributed by atoms with Crippen molar-refractivity contribution in [2.75, 3.05) is 0 Å². The fourth-order valence-corrected chi connectivity index (χ4v) is 0.240. The number of aliphatic imine (C=N–C) groups is 1. The van der Waals surface area contributed by atoms with Gasteiger partial charge in [-0.2, -0.15) is 13.2 Å². The van der Waals surface area contributed by atoms with Crippen LogP contribution in [0.25, 0.3) is 0 Å². The minimum atomic E-state index is -4.69. The van der Waals surface area contributed by atoms with Gasteiger partial charge in [-0.25, -0.2) is 4.99 Å². The van der Waals surface area contributed by atoms with E-state index in [-0.39, 0.29) is 5.84 Å². The molecule has 0 radical (unpaired) electrons. The quantitative estimate of drug-likeness (QED) is 0.437. The second-order valence-electron chi connectivity index (χ2n) is 1.60. The Balaban J connectivity index is 0. The Bertz CT molecular complexity index is 167. The zero-order valence-corrected chi connectivity index (χ0v) is 7.16. The van der Waals surface area contributed by atoms with Gasteiger partial charge in [0.1, 0.15) is 0 Å². The van der Waals surface area contributed by atoms with Gasteiger partial charge in [-0.1, -0.05) is 13.8 Å². The standard InChI is InChI=1S/C4H6F3N3.C2H6/c1-2(8)10-3(9)4(5,6)7;1-2/h1H3,(H3,8,9,10);1-2H3. The summed E-state index contributed by atoms with van der Waals surface area (Å²) in [6.45, 7) is 5.18. The van der Waals surface area contributed by atoms with Crippen LogP contribution in [0.3, 0.4) is 0 Å². The van der Waals surface area contributed by atoms with E-state index in [0.29, 0.717) is 0 Å². The van der Waals surface area contributed by atoms with Crippen LogP contribution in [0.4, 0.5) is 13.2 Å². The molecular formula is C6H12F3N3. The Kier molecular flexibility index (Phi) is 6.27. The van der Waals surface area contributed by atoms with E-state index in [9.17, 15) is 13.2 Å². The number of amidine groups is 2. The van der Waals surface area contributed by atoms with Crippen molar-refractivity contribution in [3.8, 4) is 0 Å². The molecule has 0 saturated carbocycles. The van der Waals surface area contributed by atoms with E-state index < -0.39 is 12.0 Å². The van der Waals surface area contributed by atoms with Crippen LogP contribution in [0.5, 0.6) is 0 Å². The molecule has 0 atom stereocenters. The van der Waals surface area contributed by atoms with Gasteiger partial charge < -0.3 is 5.73 Å². The van der Waals surface area contributed by atoms with Crippen molar-refractivity contribution in [1.82, 2.24) is 0 Å². The fraction of sp³-hybridized carbons (Fsp3) is 0.667. The molecule has 0 aromatic carbocycles. The number of rotatable bonds is 0. The Morgan fingerprint density at radius 1 is 1.33 bits per heavy atom. The first-order valence-electron chi connectivity index (χ1n) is 3.30. The number of hydrogen-bond donors (Lipinski definition) is 2. The minimum absolute atomic E-state index is 0.276. The van der Waals surface area contributed by atoms with Crippen LogP contribution in [0, 0.1) is 5.41 Å². The van der Waals surface area contributed by atoms with E-state index in [1.54, 1.807) is 0 Å². The summed E-state index contributed by atoms with van der Waals surface area (Å²) in [6, 6.07) is 0. The number of halogens is 3. The number of nitrogens with zero attached hydrogens (tertiary/aromatic N) is 1. The predicted molar refractivity (Wildman–Crippen MR) is 42.4 cm³/mol. The lowest BCUT2D eigenvalue weighted by molar-refractivity contribution is -0.0604. The molecule has 3 N–H and O–H groups in total. The second-order valence-corrected chi connectivity index (χ2v) is 1.60. The van der Waals surface area contributed by atoms with Gasteiger partial charge >= 0.3 is 6.18 Å². The molecule has 0 aliphatic heterocycles. The van der Waals surface area contributed by atoms with E-state index >= 15 is 0 Å². The van der Waals surface area contributed by atoms with Gasteiger partial charge in [-0.05, 0) is 6.92 Å².